The molecule has 7 nitrogen and oxygen atoms in total. The largest absolute Gasteiger partial charge is 0.353 e. The lowest BCUT2D eigenvalue weighted by Gasteiger charge is -2.19. The van der Waals surface area contributed by atoms with Crippen molar-refractivity contribution in [1.82, 2.24) is 25.2 Å². The Morgan fingerprint density at radius 2 is 2.25 bits per heavy atom. The maximum absolute atomic E-state index is 11.8. The Hall–Kier alpha value is -1.92. The van der Waals surface area contributed by atoms with Crippen molar-refractivity contribution in [3.63, 3.8) is 0 Å². The van der Waals surface area contributed by atoms with E-state index in [-0.39, 0.29) is 18.4 Å². The summed E-state index contributed by atoms with van der Waals surface area (Å²) in [6, 6.07) is 0. The van der Waals surface area contributed by atoms with Gasteiger partial charge in [-0.15, -0.1) is 5.10 Å². The van der Waals surface area contributed by atoms with Crippen LogP contribution in [-0.4, -0.2) is 51.3 Å². The van der Waals surface area contributed by atoms with Crippen LogP contribution in [0.15, 0.2) is 6.20 Å². The first-order chi connectivity index (χ1) is 9.65. The Kier molecular flexibility index (Phi) is 5.09. The highest BCUT2D eigenvalue weighted by atomic mass is 16.2. The van der Waals surface area contributed by atoms with E-state index in [1.54, 1.807) is 9.58 Å². The van der Waals surface area contributed by atoms with Gasteiger partial charge in [0.1, 0.15) is 0 Å². The molecule has 20 heavy (non-hydrogen) atoms. The fourth-order valence-electron chi connectivity index (χ4n) is 2.25. The van der Waals surface area contributed by atoms with E-state index in [2.05, 4.69) is 15.6 Å². The summed E-state index contributed by atoms with van der Waals surface area (Å²) in [5, 5.41) is 10.6. The third kappa shape index (κ3) is 4.32. The predicted octanol–water partition coefficient (Wildman–Crippen LogP) is 0.105. The first kappa shape index (κ1) is 14.5. The van der Waals surface area contributed by atoms with Crippen molar-refractivity contribution in [2.75, 3.05) is 19.6 Å². The van der Waals surface area contributed by atoms with Crippen molar-refractivity contribution in [1.29, 1.82) is 0 Å². The van der Waals surface area contributed by atoms with Gasteiger partial charge >= 0.3 is 0 Å². The van der Waals surface area contributed by atoms with Crippen LogP contribution in [-0.2, 0) is 16.1 Å². The fraction of sp³-hybridized carbons (Fsp3) is 0.692. The molecule has 0 unspecified atom stereocenters. The lowest BCUT2D eigenvalue weighted by molar-refractivity contribution is -0.135. The highest BCUT2D eigenvalue weighted by Crippen LogP contribution is 2.10. The van der Waals surface area contributed by atoms with Crippen molar-refractivity contribution < 1.29 is 9.59 Å². The molecule has 1 N–H and O–H groups in total. The first-order valence-electron chi connectivity index (χ1n) is 7.06. The molecule has 0 atom stereocenters. The van der Waals surface area contributed by atoms with Gasteiger partial charge < -0.3 is 10.2 Å². The van der Waals surface area contributed by atoms with Gasteiger partial charge in [-0.1, -0.05) is 11.6 Å². The molecule has 0 radical (unpaired) electrons. The van der Waals surface area contributed by atoms with Crippen LogP contribution < -0.4 is 5.32 Å². The highest BCUT2D eigenvalue weighted by Gasteiger charge is 2.18. The summed E-state index contributed by atoms with van der Waals surface area (Å²) in [5.74, 6) is -0.0263. The molecule has 2 amide bonds. The number of nitrogens with one attached hydrogen (secondary N) is 1. The number of carbonyl (C=O) groups excluding carboxylic acids is 2. The molecular weight excluding hydrogens is 258 g/mol. The van der Waals surface area contributed by atoms with Gasteiger partial charge in [0, 0.05) is 25.7 Å². The molecule has 2 heterocycles. The molecule has 0 saturated carbocycles. The van der Waals surface area contributed by atoms with Gasteiger partial charge in [0.15, 0.2) is 0 Å². The predicted molar refractivity (Wildman–Crippen MR) is 72.8 cm³/mol. The summed E-state index contributed by atoms with van der Waals surface area (Å²) < 4.78 is 1.69. The van der Waals surface area contributed by atoms with Gasteiger partial charge in [-0.25, -0.2) is 0 Å². The summed E-state index contributed by atoms with van der Waals surface area (Å²) in [5.41, 5.74) is 0.853. The van der Waals surface area contributed by atoms with Crippen LogP contribution in [0.4, 0.5) is 0 Å². The number of aryl methyl sites for hydroxylation is 1. The van der Waals surface area contributed by atoms with Crippen molar-refractivity contribution in [3.05, 3.63) is 11.9 Å². The minimum atomic E-state index is -0.114. The summed E-state index contributed by atoms with van der Waals surface area (Å²) in [4.78, 5) is 25.2. The third-order valence-corrected chi connectivity index (χ3v) is 3.32. The van der Waals surface area contributed by atoms with Gasteiger partial charge in [0.2, 0.25) is 11.8 Å². The third-order valence-electron chi connectivity index (χ3n) is 3.32. The van der Waals surface area contributed by atoms with Crippen molar-refractivity contribution >= 4 is 11.8 Å². The number of carbonyl (C=O) groups is 2. The highest BCUT2D eigenvalue weighted by molar-refractivity contribution is 5.84. The van der Waals surface area contributed by atoms with E-state index in [9.17, 15) is 9.59 Å². The van der Waals surface area contributed by atoms with Crippen molar-refractivity contribution in [2.45, 2.75) is 39.2 Å². The number of likely N-dealkylation sites (tertiary alicyclic amines) is 1. The smallest absolute Gasteiger partial charge is 0.239 e. The maximum Gasteiger partial charge on any atom is 0.239 e. The topological polar surface area (TPSA) is 80.1 Å². The zero-order valence-corrected chi connectivity index (χ0v) is 11.8. The van der Waals surface area contributed by atoms with E-state index in [1.165, 1.54) is 0 Å². The molecular formula is C13H21N5O2. The minimum Gasteiger partial charge on any atom is -0.353 e. The quantitative estimate of drug-likeness (QED) is 0.829. The number of rotatable bonds is 5. The molecule has 7 heteroatoms. The molecule has 0 aliphatic carbocycles. The molecule has 1 aromatic rings. The number of aromatic nitrogens is 3. The standard InChI is InChI=1S/C13H21N5O2/c1-11-9-18(16-15-11)8-6-14-12(19)10-17-7-4-2-3-5-13(17)20/h9H,2-8,10H2,1H3,(H,14,19). The Balaban J connectivity index is 1.70. The van der Waals surface area contributed by atoms with E-state index in [0.717, 1.165) is 25.0 Å². The van der Waals surface area contributed by atoms with E-state index in [1.807, 2.05) is 13.1 Å². The van der Waals surface area contributed by atoms with Gasteiger partial charge in [0.05, 0.1) is 18.8 Å². The molecule has 1 fully saturated rings. The summed E-state index contributed by atoms with van der Waals surface area (Å²) >= 11 is 0. The fourth-order valence-corrected chi connectivity index (χ4v) is 2.25. The maximum atomic E-state index is 11.8. The molecule has 1 aliphatic heterocycles. The van der Waals surface area contributed by atoms with E-state index >= 15 is 0 Å². The van der Waals surface area contributed by atoms with Crippen LogP contribution in [0.25, 0.3) is 0 Å². The molecule has 2 rings (SSSR count). The minimum absolute atomic E-state index is 0.0875. The molecule has 1 aliphatic rings. The Morgan fingerprint density at radius 3 is 3.00 bits per heavy atom. The summed E-state index contributed by atoms with van der Waals surface area (Å²) in [6.45, 7) is 3.79. The van der Waals surface area contributed by atoms with Gasteiger partial charge in [-0.2, -0.15) is 0 Å². The molecule has 0 aromatic carbocycles. The monoisotopic (exact) mass is 279 g/mol. The number of amides is 2. The molecule has 1 aromatic heterocycles. The lowest BCUT2D eigenvalue weighted by Crippen LogP contribution is -2.41. The van der Waals surface area contributed by atoms with Crippen LogP contribution in [0.5, 0.6) is 0 Å². The zero-order valence-electron chi connectivity index (χ0n) is 11.8. The average molecular weight is 279 g/mol. The normalized spacial score (nSPS) is 16.1. The molecule has 110 valence electrons. The molecule has 0 spiro atoms. The first-order valence-corrected chi connectivity index (χ1v) is 7.06. The van der Waals surface area contributed by atoms with E-state index < -0.39 is 0 Å². The van der Waals surface area contributed by atoms with Crippen LogP contribution >= 0.6 is 0 Å². The Labute approximate surface area is 118 Å². The number of hydrogen-bond donors (Lipinski definition) is 1. The number of hydrogen-bond acceptors (Lipinski definition) is 4. The summed E-state index contributed by atoms with van der Waals surface area (Å²) in [7, 11) is 0. The zero-order chi connectivity index (χ0) is 14.4. The SMILES string of the molecule is Cc1cn(CCNC(=O)CN2CCCCCC2=O)nn1. The van der Waals surface area contributed by atoms with Crippen LogP contribution in [0.1, 0.15) is 31.4 Å². The van der Waals surface area contributed by atoms with Crippen LogP contribution in [0.2, 0.25) is 0 Å². The average Bonchev–Trinajstić information content (AvgIpc) is 2.71. The second-order valence-electron chi connectivity index (χ2n) is 5.10. The second kappa shape index (κ2) is 7.02. The lowest BCUT2D eigenvalue weighted by atomic mass is 10.2. The molecule has 0 bridgehead atoms. The van der Waals surface area contributed by atoms with Gasteiger partial charge in [-0.3, -0.25) is 14.3 Å². The van der Waals surface area contributed by atoms with Crippen LogP contribution in [0, 0.1) is 6.92 Å². The Morgan fingerprint density at radius 1 is 1.40 bits per heavy atom. The van der Waals surface area contributed by atoms with Crippen molar-refractivity contribution in [2.24, 2.45) is 0 Å². The Bertz CT molecular complexity index is 471. The number of nitrogens with zero attached hydrogens (tertiary/aromatic N) is 4. The molecule has 1 saturated heterocycles. The van der Waals surface area contributed by atoms with E-state index in [0.29, 0.717) is 26.1 Å². The second-order valence-corrected chi connectivity index (χ2v) is 5.10. The van der Waals surface area contributed by atoms with Gasteiger partial charge in [-0.05, 0) is 19.8 Å². The van der Waals surface area contributed by atoms with E-state index in [4.69, 9.17) is 0 Å². The van der Waals surface area contributed by atoms with Crippen LogP contribution in [0.3, 0.4) is 0 Å². The summed E-state index contributed by atoms with van der Waals surface area (Å²) in [6.07, 6.45) is 5.37. The van der Waals surface area contributed by atoms with Gasteiger partial charge in [0.25, 0.3) is 0 Å². The van der Waals surface area contributed by atoms with Crippen molar-refractivity contribution in [3.8, 4) is 0 Å².